The predicted octanol–water partition coefficient (Wildman–Crippen LogP) is 5.28. The third kappa shape index (κ3) is 2.21. The Morgan fingerprint density at radius 1 is 1.12 bits per heavy atom. The Kier molecular flexibility index (Phi) is 3.53. The van der Waals surface area contributed by atoms with E-state index in [1.165, 1.54) is 16.7 Å². The molecule has 0 aromatic heterocycles. The highest BCUT2D eigenvalue weighted by Gasteiger charge is 2.54. The fourth-order valence-corrected chi connectivity index (χ4v) is 6.29. The zero-order valence-corrected chi connectivity index (χ0v) is 15.3. The number of hydrogen-bond donors (Lipinski definition) is 1. The molecule has 0 amide bonds. The van der Waals surface area contributed by atoms with E-state index in [2.05, 4.69) is 25.1 Å². The summed E-state index contributed by atoms with van der Waals surface area (Å²) < 4.78 is 0. The largest absolute Gasteiger partial charge is 0.508 e. The molecule has 0 unspecified atom stereocenters. The zero-order chi connectivity index (χ0) is 17.9. The Bertz CT molecular complexity index is 869. The molecule has 2 fully saturated rings. The minimum Gasteiger partial charge on any atom is -0.508 e. The van der Waals surface area contributed by atoms with Crippen molar-refractivity contribution in [1.82, 2.24) is 0 Å². The van der Waals surface area contributed by atoms with Gasteiger partial charge in [-0.1, -0.05) is 31.2 Å². The van der Waals surface area contributed by atoms with Crippen LogP contribution in [-0.4, -0.2) is 10.9 Å². The molecule has 2 nitrogen and oxygen atoms in total. The van der Waals surface area contributed by atoms with Gasteiger partial charge < -0.3 is 5.11 Å². The Hall–Kier alpha value is -2.09. The number of hydrogen-bond acceptors (Lipinski definition) is 2. The summed E-state index contributed by atoms with van der Waals surface area (Å²) in [6.45, 7) is 2.23. The maximum absolute atomic E-state index is 12.5. The number of carbonyl (C=O) groups excluding carboxylic acids is 1. The number of benzene rings is 2. The van der Waals surface area contributed by atoms with Gasteiger partial charge in [0.15, 0.2) is 0 Å². The topological polar surface area (TPSA) is 37.3 Å². The average Bonchev–Trinajstić information content (AvgIpc) is 2.96. The number of ketones is 1. The molecule has 2 aromatic rings. The second-order valence-corrected chi connectivity index (χ2v) is 8.69. The maximum atomic E-state index is 12.5. The van der Waals surface area contributed by atoms with Gasteiger partial charge >= 0.3 is 0 Å². The molecule has 4 atom stereocenters. The SMILES string of the molecule is C[C@]12CC[C@@H]3c4c(cc(O)cc4-c4cc[c]cc4)CC[C@H]3[C@@H]1CCC2=O. The van der Waals surface area contributed by atoms with Crippen molar-refractivity contribution in [3.8, 4) is 16.9 Å². The van der Waals surface area contributed by atoms with E-state index >= 15 is 0 Å². The van der Waals surface area contributed by atoms with Gasteiger partial charge in [0.05, 0.1) is 0 Å². The van der Waals surface area contributed by atoms with Crippen molar-refractivity contribution in [3.63, 3.8) is 0 Å². The molecule has 3 aliphatic carbocycles. The smallest absolute Gasteiger partial charge is 0.139 e. The first-order valence-corrected chi connectivity index (χ1v) is 9.93. The molecule has 2 heteroatoms. The lowest BCUT2D eigenvalue weighted by Crippen LogP contribution is -2.42. The van der Waals surface area contributed by atoms with Crippen molar-refractivity contribution >= 4 is 5.78 Å². The molecule has 1 N–H and O–H groups in total. The Morgan fingerprint density at radius 2 is 1.92 bits per heavy atom. The number of fused-ring (bicyclic) bond motifs is 5. The third-order valence-electron chi connectivity index (χ3n) is 7.54. The van der Waals surface area contributed by atoms with Gasteiger partial charge in [0.25, 0.3) is 0 Å². The van der Waals surface area contributed by atoms with Gasteiger partial charge in [0, 0.05) is 11.8 Å². The van der Waals surface area contributed by atoms with Gasteiger partial charge in [-0.05, 0) is 90.3 Å². The molecule has 133 valence electrons. The minimum absolute atomic E-state index is 0.0859. The van der Waals surface area contributed by atoms with Crippen LogP contribution in [-0.2, 0) is 11.2 Å². The molecule has 3 aliphatic rings. The molecule has 0 heterocycles. The summed E-state index contributed by atoms with van der Waals surface area (Å²) in [6.07, 6.45) is 6.11. The van der Waals surface area contributed by atoms with Gasteiger partial charge in [-0.3, -0.25) is 4.79 Å². The molecule has 26 heavy (non-hydrogen) atoms. The highest BCUT2D eigenvalue weighted by molar-refractivity contribution is 5.87. The molecule has 0 aliphatic heterocycles. The van der Waals surface area contributed by atoms with Gasteiger partial charge in [0.2, 0.25) is 0 Å². The van der Waals surface area contributed by atoms with Crippen LogP contribution in [0, 0.1) is 23.3 Å². The monoisotopic (exact) mass is 345 g/mol. The highest BCUT2D eigenvalue weighted by Crippen LogP contribution is 2.60. The Labute approximate surface area is 155 Å². The van der Waals surface area contributed by atoms with Crippen LogP contribution in [0.3, 0.4) is 0 Å². The molecular formula is C24H25O2. The minimum atomic E-state index is -0.0859. The van der Waals surface area contributed by atoms with Gasteiger partial charge in [0.1, 0.15) is 11.5 Å². The van der Waals surface area contributed by atoms with E-state index in [0.717, 1.165) is 44.1 Å². The van der Waals surface area contributed by atoms with Gasteiger partial charge in [-0.25, -0.2) is 0 Å². The molecule has 5 rings (SSSR count). The van der Waals surface area contributed by atoms with Crippen LogP contribution in [0.15, 0.2) is 36.4 Å². The van der Waals surface area contributed by atoms with Crippen LogP contribution in [0.1, 0.15) is 56.1 Å². The summed E-state index contributed by atoms with van der Waals surface area (Å²) in [4.78, 5) is 12.5. The average molecular weight is 345 g/mol. The summed E-state index contributed by atoms with van der Waals surface area (Å²) in [5.74, 6) is 2.51. The first-order chi connectivity index (χ1) is 12.6. The van der Waals surface area contributed by atoms with E-state index in [1.54, 1.807) is 0 Å². The normalized spacial score (nSPS) is 32.7. The molecule has 2 saturated carbocycles. The van der Waals surface area contributed by atoms with E-state index in [4.69, 9.17) is 0 Å². The van der Waals surface area contributed by atoms with Gasteiger partial charge in [-0.15, -0.1) is 0 Å². The van der Waals surface area contributed by atoms with Crippen molar-refractivity contribution in [3.05, 3.63) is 53.6 Å². The number of rotatable bonds is 1. The second-order valence-electron chi connectivity index (χ2n) is 8.69. The van der Waals surface area contributed by atoms with E-state index in [0.29, 0.717) is 29.3 Å². The molecule has 0 bridgehead atoms. The Morgan fingerprint density at radius 3 is 2.73 bits per heavy atom. The maximum Gasteiger partial charge on any atom is 0.139 e. The van der Waals surface area contributed by atoms with Crippen LogP contribution >= 0.6 is 0 Å². The summed E-state index contributed by atoms with van der Waals surface area (Å²) in [7, 11) is 0. The highest BCUT2D eigenvalue weighted by atomic mass is 16.3. The van der Waals surface area contributed by atoms with E-state index in [9.17, 15) is 9.90 Å². The zero-order valence-electron chi connectivity index (χ0n) is 15.3. The van der Waals surface area contributed by atoms with E-state index < -0.39 is 0 Å². The first kappa shape index (κ1) is 16.1. The number of aromatic hydroxyl groups is 1. The second kappa shape index (κ2) is 5.70. The molecule has 0 saturated heterocycles. The third-order valence-corrected chi connectivity index (χ3v) is 7.54. The lowest BCUT2D eigenvalue weighted by Gasteiger charge is -2.48. The van der Waals surface area contributed by atoms with Crippen LogP contribution in [0.5, 0.6) is 5.75 Å². The predicted molar refractivity (Wildman–Crippen MR) is 102 cm³/mol. The van der Waals surface area contributed by atoms with E-state index in [-0.39, 0.29) is 5.41 Å². The standard InChI is InChI=1S/C24H25O2/c1-24-12-11-19-18(21(24)9-10-22(24)26)8-7-16-13-17(25)14-20(23(16)19)15-5-3-2-4-6-15/h3-6,13-14,18-19,21,25H,7-12H2,1H3/t18-,19+,21+,24+/m1/s1. The lowest BCUT2D eigenvalue weighted by molar-refractivity contribution is -0.129. The van der Waals surface area contributed by atoms with Crippen molar-refractivity contribution in [2.45, 2.75) is 51.4 Å². The summed E-state index contributed by atoms with van der Waals surface area (Å²) >= 11 is 0. The summed E-state index contributed by atoms with van der Waals surface area (Å²) in [5, 5.41) is 10.3. The number of carbonyl (C=O) groups is 1. The van der Waals surface area contributed by atoms with Gasteiger partial charge in [-0.2, -0.15) is 0 Å². The van der Waals surface area contributed by atoms with Crippen LogP contribution < -0.4 is 0 Å². The number of phenolic OH excluding ortho intramolecular Hbond substituents is 1. The summed E-state index contributed by atoms with van der Waals surface area (Å²) in [5.41, 5.74) is 5.00. The van der Waals surface area contributed by atoms with Crippen molar-refractivity contribution in [2.24, 2.45) is 17.3 Å². The first-order valence-electron chi connectivity index (χ1n) is 9.93. The fourth-order valence-electron chi connectivity index (χ4n) is 6.29. The van der Waals surface area contributed by atoms with E-state index in [1.807, 2.05) is 24.3 Å². The number of aryl methyl sites for hydroxylation is 1. The van der Waals surface area contributed by atoms with Crippen LogP contribution in [0.2, 0.25) is 0 Å². The summed E-state index contributed by atoms with van der Waals surface area (Å²) in [6, 6.07) is 15.1. The van der Waals surface area contributed by atoms with Crippen molar-refractivity contribution in [2.75, 3.05) is 0 Å². The number of phenols is 1. The van der Waals surface area contributed by atoms with Crippen molar-refractivity contribution in [1.29, 1.82) is 0 Å². The molecule has 2 aromatic carbocycles. The molecular weight excluding hydrogens is 320 g/mol. The van der Waals surface area contributed by atoms with Crippen molar-refractivity contribution < 1.29 is 9.90 Å². The molecule has 0 spiro atoms. The van der Waals surface area contributed by atoms with Crippen LogP contribution in [0.4, 0.5) is 0 Å². The lowest BCUT2D eigenvalue weighted by atomic mass is 9.55. The fraction of sp³-hybridized carbons (Fsp3) is 0.458. The van der Waals surface area contributed by atoms with Crippen LogP contribution in [0.25, 0.3) is 11.1 Å². The quantitative estimate of drug-likeness (QED) is 0.763. The Balaban J connectivity index is 1.64. The number of Topliss-reactive ketones (excluding diaryl/α,β-unsaturated/α-hetero) is 1. The molecule has 1 radical (unpaired) electrons.